The number of benzene rings is 3. The van der Waals surface area contributed by atoms with Gasteiger partial charge in [-0.15, -0.1) is 0 Å². The van der Waals surface area contributed by atoms with Crippen LogP contribution in [-0.4, -0.2) is 31.9 Å². The van der Waals surface area contributed by atoms with Crippen molar-refractivity contribution in [3.8, 4) is 0 Å². The van der Waals surface area contributed by atoms with E-state index in [1.54, 1.807) is 30.3 Å². The second kappa shape index (κ2) is 6.57. The number of H-pyrrole nitrogens is 1. The van der Waals surface area contributed by atoms with Crippen LogP contribution >= 0.6 is 0 Å². The van der Waals surface area contributed by atoms with Crippen molar-refractivity contribution < 1.29 is 12.8 Å². The minimum absolute atomic E-state index is 0.0623. The molecule has 1 aliphatic rings. The van der Waals surface area contributed by atoms with Crippen LogP contribution in [-0.2, 0) is 23.0 Å². The van der Waals surface area contributed by atoms with Crippen molar-refractivity contribution >= 4 is 37.4 Å². The second-order valence-electron chi connectivity index (χ2n) is 7.53. The monoisotopic (exact) mass is 409 g/mol. The van der Waals surface area contributed by atoms with E-state index in [2.05, 4.69) is 21.7 Å². The minimum atomic E-state index is -3.87. The number of rotatable bonds is 3. The lowest BCUT2D eigenvalue weighted by Gasteiger charge is -2.22. The molecule has 0 amide bonds. The SMILES string of the molecule is CN1CCc2c([nH]c3ccc(NS(=O)(=O)c4ccc(F)c5ccccc45)cc23)C1. The molecule has 148 valence electrons. The van der Waals surface area contributed by atoms with Crippen LogP contribution in [0.25, 0.3) is 21.7 Å². The molecule has 0 fully saturated rings. The zero-order valence-electron chi connectivity index (χ0n) is 15.9. The van der Waals surface area contributed by atoms with Crippen molar-refractivity contribution in [2.24, 2.45) is 0 Å². The van der Waals surface area contributed by atoms with Crippen LogP contribution in [0.3, 0.4) is 0 Å². The Hall–Kier alpha value is -2.90. The summed E-state index contributed by atoms with van der Waals surface area (Å²) in [6, 6.07) is 14.6. The third-order valence-corrected chi connectivity index (χ3v) is 6.98. The Balaban J connectivity index is 1.56. The fraction of sp³-hybridized carbons (Fsp3) is 0.182. The van der Waals surface area contributed by atoms with E-state index < -0.39 is 15.8 Å². The summed E-state index contributed by atoms with van der Waals surface area (Å²) >= 11 is 0. The highest BCUT2D eigenvalue weighted by atomic mass is 32.2. The van der Waals surface area contributed by atoms with Crippen molar-refractivity contribution in [2.45, 2.75) is 17.9 Å². The topological polar surface area (TPSA) is 65.2 Å². The lowest BCUT2D eigenvalue weighted by Crippen LogP contribution is -2.26. The molecule has 7 heteroatoms. The van der Waals surface area contributed by atoms with Crippen LogP contribution in [0.1, 0.15) is 11.3 Å². The van der Waals surface area contributed by atoms with Gasteiger partial charge in [0.15, 0.2) is 0 Å². The number of aromatic amines is 1. The number of aromatic nitrogens is 1. The molecule has 1 aliphatic heterocycles. The van der Waals surface area contributed by atoms with Crippen molar-refractivity contribution in [1.82, 2.24) is 9.88 Å². The first-order chi connectivity index (χ1) is 13.9. The van der Waals surface area contributed by atoms with E-state index in [-0.39, 0.29) is 10.3 Å². The van der Waals surface area contributed by atoms with Gasteiger partial charge in [0, 0.05) is 46.1 Å². The predicted octanol–water partition coefficient (Wildman–Crippen LogP) is 4.25. The molecule has 29 heavy (non-hydrogen) atoms. The fourth-order valence-corrected chi connectivity index (χ4v) is 5.38. The van der Waals surface area contributed by atoms with E-state index in [4.69, 9.17) is 0 Å². The molecule has 5 rings (SSSR count). The Labute approximate surface area is 168 Å². The van der Waals surface area contributed by atoms with Crippen LogP contribution < -0.4 is 4.72 Å². The van der Waals surface area contributed by atoms with Crippen LogP contribution in [0.2, 0.25) is 0 Å². The van der Waals surface area contributed by atoms with Gasteiger partial charge in [-0.2, -0.15) is 0 Å². The highest BCUT2D eigenvalue weighted by Gasteiger charge is 2.21. The van der Waals surface area contributed by atoms with Gasteiger partial charge < -0.3 is 9.88 Å². The van der Waals surface area contributed by atoms with E-state index in [0.717, 1.165) is 30.4 Å². The maximum atomic E-state index is 14.1. The summed E-state index contributed by atoms with van der Waals surface area (Å²) in [5, 5.41) is 1.69. The molecule has 3 aromatic carbocycles. The Kier molecular flexibility index (Phi) is 4.11. The minimum Gasteiger partial charge on any atom is -0.357 e. The van der Waals surface area contributed by atoms with Crippen LogP contribution in [0, 0.1) is 5.82 Å². The number of nitrogens with one attached hydrogen (secondary N) is 2. The fourth-order valence-electron chi connectivity index (χ4n) is 4.12. The summed E-state index contributed by atoms with van der Waals surface area (Å²) in [5.74, 6) is -0.440. The normalized spacial score (nSPS) is 15.0. The van der Waals surface area contributed by atoms with Crippen LogP contribution in [0.15, 0.2) is 59.5 Å². The van der Waals surface area contributed by atoms with Gasteiger partial charge in [-0.25, -0.2) is 12.8 Å². The van der Waals surface area contributed by atoms with E-state index in [1.807, 2.05) is 12.1 Å². The Bertz CT molecular complexity index is 1360. The number of likely N-dealkylation sites (N-methyl/N-ethyl adjacent to an activating group) is 1. The Morgan fingerprint density at radius 3 is 2.66 bits per heavy atom. The average Bonchev–Trinajstić information content (AvgIpc) is 3.04. The van der Waals surface area contributed by atoms with Crippen LogP contribution in [0.5, 0.6) is 0 Å². The smallest absolute Gasteiger partial charge is 0.262 e. The van der Waals surface area contributed by atoms with E-state index >= 15 is 0 Å². The number of hydrogen-bond donors (Lipinski definition) is 2. The first-order valence-corrected chi connectivity index (χ1v) is 10.9. The number of anilines is 1. The molecule has 5 nitrogen and oxygen atoms in total. The first-order valence-electron chi connectivity index (χ1n) is 9.44. The summed E-state index contributed by atoms with van der Waals surface area (Å²) in [4.78, 5) is 5.75. The van der Waals surface area contributed by atoms with Gasteiger partial charge in [0.2, 0.25) is 0 Å². The number of hydrogen-bond acceptors (Lipinski definition) is 3. The van der Waals surface area contributed by atoms with E-state index in [0.29, 0.717) is 11.1 Å². The molecule has 1 aromatic heterocycles. The summed E-state index contributed by atoms with van der Waals surface area (Å²) < 4.78 is 42.9. The van der Waals surface area contributed by atoms with Crippen LogP contribution in [0.4, 0.5) is 10.1 Å². The maximum Gasteiger partial charge on any atom is 0.262 e. The van der Waals surface area contributed by atoms with Crippen molar-refractivity contribution in [1.29, 1.82) is 0 Å². The maximum absolute atomic E-state index is 14.1. The molecule has 0 aliphatic carbocycles. The number of sulfonamides is 1. The van der Waals surface area contributed by atoms with Gasteiger partial charge in [0.25, 0.3) is 10.0 Å². The highest BCUT2D eigenvalue weighted by molar-refractivity contribution is 7.93. The van der Waals surface area contributed by atoms with Crippen molar-refractivity contribution in [3.05, 3.63) is 71.7 Å². The van der Waals surface area contributed by atoms with Gasteiger partial charge >= 0.3 is 0 Å². The quantitative estimate of drug-likeness (QED) is 0.532. The third-order valence-electron chi connectivity index (χ3n) is 5.54. The van der Waals surface area contributed by atoms with Gasteiger partial charge in [0.05, 0.1) is 4.90 Å². The molecule has 0 atom stereocenters. The Morgan fingerprint density at radius 2 is 1.83 bits per heavy atom. The molecule has 0 bridgehead atoms. The van der Waals surface area contributed by atoms with E-state index in [1.165, 1.54) is 23.4 Å². The van der Waals surface area contributed by atoms with E-state index in [9.17, 15) is 12.8 Å². The van der Waals surface area contributed by atoms with Gasteiger partial charge in [-0.3, -0.25) is 4.72 Å². The lowest BCUT2D eigenvalue weighted by atomic mass is 10.0. The van der Waals surface area contributed by atoms with Gasteiger partial charge in [0.1, 0.15) is 5.82 Å². The van der Waals surface area contributed by atoms with Gasteiger partial charge in [-0.05, 0) is 49.4 Å². The molecule has 0 saturated carbocycles. The number of fused-ring (bicyclic) bond motifs is 4. The summed E-state index contributed by atoms with van der Waals surface area (Å²) in [6.45, 7) is 1.82. The molecule has 2 heterocycles. The van der Waals surface area contributed by atoms with Crippen molar-refractivity contribution in [3.63, 3.8) is 0 Å². The largest absolute Gasteiger partial charge is 0.357 e. The molecule has 0 radical (unpaired) electrons. The summed E-state index contributed by atoms with van der Waals surface area (Å²) in [5.41, 5.74) is 3.91. The lowest BCUT2D eigenvalue weighted by molar-refractivity contribution is 0.310. The zero-order valence-corrected chi connectivity index (χ0v) is 16.7. The Morgan fingerprint density at radius 1 is 1.03 bits per heavy atom. The first kappa shape index (κ1) is 18.1. The highest BCUT2D eigenvalue weighted by Crippen LogP contribution is 2.31. The molecule has 2 N–H and O–H groups in total. The molecule has 0 saturated heterocycles. The van der Waals surface area contributed by atoms with Gasteiger partial charge in [-0.1, -0.05) is 24.3 Å². The molecule has 0 unspecified atom stereocenters. The molecule has 4 aromatic rings. The number of halogens is 1. The summed E-state index contributed by atoms with van der Waals surface area (Å²) in [6.07, 6.45) is 0.921. The van der Waals surface area contributed by atoms with Crippen molar-refractivity contribution in [2.75, 3.05) is 18.3 Å². The summed E-state index contributed by atoms with van der Waals surface area (Å²) in [7, 11) is -1.79. The standard InChI is InChI=1S/C22H20FN3O2S/c1-26-11-10-16-18-12-14(6-8-20(18)24-21(16)13-26)25-29(27,28)22-9-7-19(23)15-4-2-3-5-17(15)22/h2-9,12,24-25H,10-11,13H2,1H3. The average molecular weight is 409 g/mol. The molecule has 0 spiro atoms. The number of nitrogens with zero attached hydrogens (tertiary/aromatic N) is 1. The second-order valence-corrected chi connectivity index (χ2v) is 9.18. The predicted molar refractivity (Wildman–Crippen MR) is 113 cm³/mol. The molecular weight excluding hydrogens is 389 g/mol. The third kappa shape index (κ3) is 3.07. The zero-order chi connectivity index (χ0) is 20.2. The molecular formula is C22H20FN3O2S.